The fraction of sp³-hybridized carbons (Fsp3) is 0.683. The van der Waals surface area contributed by atoms with Gasteiger partial charge in [0.1, 0.15) is 35.6 Å². The topological polar surface area (TPSA) is 224 Å². The molecular formula is C41H57NO14. The highest BCUT2D eigenvalue weighted by atomic mass is 16.6. The lowest BCUT2D eigenvalue weighted by molar-refractivity contribution is -0.346. The van der Waals surface area contributed by atoms with Crippen LogP contribution in [0.15, 0.2) is 41.5 Å². The van der Waals surface area contributed by atoms with Crippen molar-refractivity contribution in [3.05, 3.63) is 47.0 Å². The standard InChI is InChI=1S/C41H57NO14/c1-20(2)16-24(42-36(50)56-37(5,6)7)29(45)35(49)53-25-18-41(51)33(54-34(48)23-14-12-11-13-15-23)31-39(10,32(47)30(46)28(21(25)3)38(41,8)9)26(44)17-27-40(31,19-52-27)55-22(4)43/h11-15,20,24-27,29-31,33,44-46,51H,16-19H2,1-10H3,(H,42,50)/t24-,25+,26+,27?,29-,30-,31+,33+,39-,40+,41-/m1/s1. The van der Waals surface area contributed by atoms with Gasteiger partial charge in [0, 0.05) is 25.2 Å². The van der Waals surface area contributed by atoms with Gasteiger partial charge < -0.3 is 49.4 Å². The van der Waals surface area contributed by atoms with Gasteiger partial charge in [0.2, 0.25) is 0 Å². The molecule has 1 unspecified atom stereocenters. The SMILES string of the molecule is CC(=O)O[C@@]12COC1C[C@H](O)[C@@]1(C)C(=O)[C@H](O)C3=C(C)[C@@H](OC(=O)[C@H](O)[C@@H](CC(C)C)NC(=O)OC(C)(C)C)C[C@@](O)([C@@H](OC(=O)c4ccccc4)[C@@H]12)C3(C)C. The molecule has 1 aromatic rings. The zero-order valence-corrected chi connectivity index (χ0v) is 33.8. The number of esters is 3. The van der Waals surface area contributed by atoms with Crippen molar-refractivity contribution >= 4 is 29.8 Å². The zero-order valence-electron chi connectivity index (χ0n) is 33.8. The Balaban J connectivity index is 1.66. The van der Waals surface area contributed by atoms with E-state index >= 15 is 0 Å². The monoisotopic (exact) mass is 787 g/mol. The molecule has 0 radical (unpaired) electrons. The van der Waals surface area contributed by atoms with Crippen LogP contribution in [0.2, 0.25) is 0 Å². The van der Waals surface area contributed by atoms with Crippen molar-refractivity contribution < 1.29 is 68.1 Å². The number of ether oxygens (including phenoxy) is 5. The minimum atomic E-state index is -2.33. The Kier molecular flexibility index (Phi) is 11.7. The maximum Gasteiger partial charge on any atom is 0.407 e. The summed E-state index contributed by atoms with van der Waals surface area (Å²) in [5.74, 6) is -5.36. The number of benzene rings is 1. The molecule has 2 saturated carbocycles. The molecule has 15 heteroatoms. The van der Waals surface area contributed by atoms with Gasteiger partial charge in [0.25, 0.3) is 0 Å². The number of alkyl carbamates (subject to hydrolysis) is 1. The summed E-state index contributed by atoms with van der Waals surface area (Å²) < 4.78 is 29.4. The summed E-state index contributed by atoms with van der Waals surface area (Å²) in [6, 6.07) is 6.72. The summed E-state index contributed by atoms with van der Waals surface area (Å²) in [4.78, 5) is 68.4. The van der Waals surface area contributed by atoms with E-state index in [0.29, 0.717) is 0 Å². The van der Waals surface area contributed by atoms with Gasteiger partial charge in [-0.3, -0.25) is 9.59 Å². The van der Waals surface area contributed by atoms with Gasteiger partial charge in [-0.05, 0) is 70.2 Å². The van der Waals surface area contributed by atoms with Crippen molar-refractivity contribution in [2.45, 2.75) is 148 Å². The first-order valence-electron chi connectivity index (χ1n) is 19.1. The first-order valence-corrected chi connectivity index (χ1v) is 19.1. The van der Waals surface area contributed by atoms with Crippen LogP contribution in [0.5, 0.6) is 0 Å². The van der Waals surface area contributed by atoms with Gasteiger partial charge in [-0.2, -0.15) is 0 Å². The van der Waals surface area contributed by atoms with Gasteiger partial charge in [-0.25, -0.2) is 14.4 Å². The van der Waals surface area contributed by atoms with Crippen molar-refractivity contribution in [1.29, 1.82) is 0 Å². The molecule has 1 saturated heterocycles. The molecule has 0 aromatic heterocycles. The van der Waals surface area contributed by atoms with Crippen LogP contribution in [-0.2, 0) is 38.1 Å². The third-order valence-electron chi connectivity index (χ3n) is 12.2. The van der Waals surface area contributed by atoms with E-state index < -0.39 is 112 Å². The molecule has 5 rings (SSSR count). The lowest BCUT2D eigenvalue weighted by Gasteiger charge is -2.67. The molecule has 2 bridgehead atoms. The molecule has 1 amide bonds. The summed E-state index contributed by atoms with van der Waals surface area (Å²) in [6.45, 7) is 15.5. The average molecular weight is 788 g/mol. The van der Waals surface area contributed by atoms with Crippen LogP contribution in [0.1, 0.15) is 98.9 Å². The molecule has 1 aliphatic heterocycles. The Hall–Kier alpha value is -3.89. The highest BCUT2D eigenvalue weighted by molar-refractivity contribution is 5.94. The Morgan fingerprint density at radius 2 is 1.66 bits per heavy atom. The maximum atomic E-state index is 14.9. The van der Waals surface area contributed by atoms with Crippen molar-refractivity contribution in [3.63, 3.8) is 0 Å². The van der Waals surface area contributed by atoms with E-state index in [2.05, 4.69) is 5.32 Å². The molecule has 310 valence electrons. The highest BCUT2D eigenvalue weighted by Crippen LogP contribution is 2.64. The lowest BCUT2D eigenvalue weighted by Crippen LogP contribution is -2.81. The number of aliphatic hydroxyl groups is 4. The van der Waals surface area contributed by atoms with Gasteiger partial charge in [-0.1, -0.05) is 45.9 Å². The van der Waals surface area contributed by atoms with E-state index in [9.17, 15) is 44.4 Å². The summed E-state index contributed by atoms with van der Waals surface area (Å²) in [7, 11) is 0. The summed E-state index contributed by atoms with van der Waals surface area (Å²) >= 11 is 0. The number of fused-ring (bicyclic) bond motifs is 5. The van der Waals surface area contributed by atoms with E-state index in [1.807, 2.05) is 13.8 Å². The fourth-order valence-electron chi connectivity index (χ4n) is 9.38. The normalized spacial score (nSPS) is 34.7. The Morgan fingerprint density at radius 3 is 2.20 bits per heavy atom. The van der Waals surface area contributed by atoms with Gasteiger partial charge in [0.15, 0.2) is 17.5 Å². The molecule has 3 fully saturated rings. The van der Waals surface area contributed by atoms with E-state index in [1.54, 1.807) is 52.8 Å². The minimum absolute atomic E-state index is 0.0460. The second-order valence-electron chi connectivity index (χ2n) is 17.9. The quantitative estimate of drug-likeness (QED) is 0.138. The Bertz CT molecular complexity index is 1750. The van der Waals surface area contributed by atoms with Crippen LogP contribution >= 0.6 is 0 Å². The molecule has 1 heterocycles. The van der Waals surface area contributed by atoms with Crippen molar-refractivity contribution in [1.82, 2.24) is 5.32 Å². The Morgan fingerprint density at radius 1 is 1.04 bits per heavy atom. The number of amides is 1. The molecule has 5 N–H and O–H groups in total. The van der Waals surface area contributed by atoms with Crippen LogP contribution in [0.3, 0.4) is 0 Å². The third kappa shape index (κ3) is 7.36. The molecule has 0 spiro atoms. The molecule has 3 aliphatic carbocycles. The van der Waals surface area contributed by atoms with Crippen LogP contribution in [0.4, 0.5) is 4.79 Å². The number of rotatable bonds is 9. The van der Waals surface area contributed by atoms with Gasteiger partial charge >= 0.3 is 24.0 Å². The lowest BCUT2D eigenvalue weighted by atomic mass is 9.44. The van der Waals surface area contributed by atoms with E-state index in [0.717, 1.165) is 6.92 Å². The number of carbonyl (C=O) groups is 5. The van der Waals surface area contributed by atoms with E-state index in [4.69, 9.17) is 23.7 Å². The second-order valence-corrected chi connectivity index (χ2v) is 17.9. The molecule has 1 aromatic carbocycles. The number of nitrogens with one attached hydrogen (secondary N) is 1. The molecular weight excluding hydrogens is 730 g/mol. The third-order valence-corrected chi connectivity index (χ3v) is 12.2. The van der Waals surface area contributed by atoms with Gasteiger partial charge in [-0.15, -0.1) is 0 Å². The van der Waals surface area contributed by atoms with E-state index in [1.165, 1.54) is 26.0 Å². The molecule has 15 nitrogen and oxygen atoms in total. The van der Waals surface area contributed by atoms with Crippen LogP contribution in [0.25, 0.3) is 0 Å². The number of carbonyl (C=O) groups excluding carboxylic acids is 5. The molecule has 56 heavy (non-hydrogen) atoms. The Labute approximate surface area is 327 Å². The number of hydrogen-bond donors (Lipinski definition) is 5. The fourth-order valence-corrected chi connectivity index (χ4v) is 9.38. The van der Waals surface area contributed by atoms with Crippen molar-refractivity contribution in [2.75, 3.05) is 6.61 Å². The predicted molar refractivity (Wildman–Crippen MR) is 198 cm³/mol. The first kappa shape index (κ1) is 43.2. The average Bonchev–Trinajstić information content (AvgIpc) is 3.08. The predicted octanol–water partition coefficient (Wildman–Crippen LogP) is 2.93. The van der Waals surface area contributed by atoms with E-state index in [-0.39, 0.29) is 42.1 Å². The second kappa shape index (κ2) is 15.1. The number of aliphatic hydroxyl groups excluding tert-OH is 3. The largest absolute Gasteiger partial charge is 0.456 e. The molecule has 11 atom stereocenters. The summed E-state index contributed by atoms with van der Waals surface area (Å²) in [5.41, 5.74) is -8.30. The van der Waals surface area contributed by atoms with Crippen LogP contribution < -0.4 is 5.32 Å². The van der Waals surface area contributed by atoms with Gasteiger partial charge in [0.05, 0.1) is 35.6 Å². The van der Waals surface area contributed by atoms with Crippen LogP contribution in [0, 0.1) is 22.7 Å². The number of Topliss-reactive ketones (excluding diaryl/α,β-unsaturated/α-hetero) is 1. The zero-order chi connectivity index (χ0) is 41.9. The number of hydrogen-bond acceptors (Lipinski definition) is 14. The minimum Gasteiger partial charge on any atom is -0.456 e. The number of ketones is 1. The summed E-state index contributed by atoms with van der Waals surface area (Å²) in [6.07, 6.45) is -11.0. The molecule has 4 aliphatic rings. The highest BCUT2D eigenvalue weighted by Gasteiger charge is 2.78. The first-order chi connectivity index (χ1) is 25.8. The maximum absolute atomic E-state index is 14.9. The van der Waals surface area contributed by atoms with Crippen molar-refractivity contribution in [3.8, 4) is 0 Å². The smallest absolute Gasteiger partial charge is 0.407 e. The van der Waals surface area contributed by atoms with Crippen LogP contribution in [-0.4, -0.2) is 116 Å². The summed E-state index contributed by atoms with van der Waals surface area (Å²) in [5, 5.41) is 51.2. The van der Waals surface area contributed by atoms with Crippen molar-refractivity contribution in [2.24, 2.45) is 22.7 Å².